The van der Waals surface area contributed by atoms with Crippen LogP contribution in [0.3, 0.4) is 0 Å². The summed E-state index contributed by atoms with van der Waals surface area (Å²) in [7, 11) is 0. The lowest BCUT2D eigenvalue weighted by atomic mass is 10.1. The molecule has 6 nitrogen and oxygen atoms in total. The van der Waals surface area contributed by atoms with Crippen LogP contribution < -0.4 is 20.4 Å². The largest absolute Gasteiger partial charge is 0.367 e. The molecule has 1 unspecified atom stereocenters. The van der Waals surface area contributed by atoms with E-state index in [1.165, 1.54) is 31.4 Å². The van der Waals surface area contributed by atoms with Gasteiger partial charge in [-0.15, -0.1) is 24.0 Å². The number of nitrogens with one attached hydrogen (secondary N) is 2. The Labute approximate surface area is 211 Å². The van der Waals surface area contributed by atoms with E-state index >= 15 is 0 Å². The van der Waals surface area contributed by atoms with Crippen LogP contribution in [0.25, 0.3) is 0 Å². The Balaban J connectivity index is 0.00000306. The van der Waals surface area contributed by atoms with Crippen LogP contribution in [-0.4, -0.2) is 49.7 Å². The number of guanidine groups is 1. The molecule has 0 amide bonds. The second kappa shape index (κ2) is 12.3. The summed E-state index contributed by atoms with van der Waals surface area (Å²) >= 11 is 0. The summed E-state index contributed by atoms with van der Waals surface area (Å²) in [5.74, 6) is 0.702. The number of rotatable bonds is 6. The second-order valence-electron chi connectivity index (χ2n) is 8.44. The standard InChI is InChI=1S/C24H32F2N6.HI/c1-2-27-24(29-16-18-8-10-28-23(14-18)31-11-4-3-5-12-31)30-20-9-13-32(17-20)22-7-6-19(25)15-21(22)26;/h6-8,10,14-15,20H,2-5,9,11-13,16-17H2,1H3,(H2,27,29,30);1H. The Morgan fingerprint density at radius 3 is 2.67 bits per heavy atom. The fourth-order valence-corrected chi connectivity index (χ4v) is 4.37. The van der Waals surface area contributed by atoms with Gasteiger partial charge in [-0.1, -0.05) is 0 Å². The van der Waals surface area contributed by atoms with Crippen LogP contribution in [0.1, 0.15) is 38.2 Å². The van der Waals surface area contributed by atoms with Crippen molar-refractivity contribution in [1.82, 2.24) is 15.6 Å². The van der Waals surface area contributed by atoms with E-state index in [-0.39, 0.29) is 30.0 Å². The van der Waals surface area contributed by atoms with Gasteiger partial charge < -0.3 is 20.4 Å². The fraction of sp³-hybridized carbons (Fsp3) is 0.500. The van der Waals surface area contributed by atoms with Gasteiger partial charge in [-0.05, 0) is 62.4 Å². The molecule has 0 radical (unpaired) electrons. The first-order chi connectivity index (χ1) is 15.6. The number of pyridine rings is 1. The molecule has 2 N–H and O–H groups in total. The van der Waals surface area contributed by atoms with Crippen LogP contribution in [-0.2, 0) is 6.54 Å². The molecule has 1 atom stereocenters. The predicted octanol–water partition coefficient (Wildman–Crippen LogP) is 4.30. The fourth-order valence-electron chi connectivity index (χ4n) is 4.37. The molecule has 3 heterocycles. The van der Waals surface area contributed by atoms with E-state index < -0.39 is 11.6 Å². The summed E-state index contributed by atoms with van der Waals surface area (Å²) in [5.41, 5.74) is 1.57. The van der Waals surface area contributed by atoms with Crippen molar-refractivity contribution in [3.63, 3.8) is 0 Å². The van der Waals surface area contributed by atoms with E-state index in [0.717, 1.165) is 49.5 Å². The van der Waals surface area contributed by atoms with Crippen molar-refractivity contribution in [2.45, 2.75) is 45.2 Å². The first-order valence-corrected chi connectivity index (χ1v) is 11.6. The number of aliphatic imine (C=N–C) groups is 1. The summed E-state index contributed by atoms with van der Waals surface area (Å²) in [6.07, 6.45) is 6.46. The predicted molar refractivity (Wildman–Crippen MR) is 141 cm³/mol. The quantitative estimate of drug-likeness (QED) is 0.308. The highest BCUT2D eigenvalue weighted by Gasteiger charge is 2.25. The van der Waals surface area contributed by atoms with Gasteiger partial charge in [0.1, 0.15) is 17.5 Å². The van der Waals surface area contributed by atoms with Gasteiger partial charge >= 0.3 is 0 Å². The third-order valence-corrected chi connectivity index (χ3v) is 6.03. The summed E-state index contributed by atoms with van der Waals surface area (Å²) in [5, 5.41) is 6.77. The average molecular weight is 570 g/mol. The highest BCUT2D eigenvalue weighted by Crippen LogP contribution is 2.24. The minimum absolute atomic E-state index is 0. The van der Waals surface area contributed by atoms with E-state index in [0.29, 0.717) is 25.3 Å². The molecule has 1 aromatic carbocycles. The Morgan fingerprint density at radius 1 is 1.09 bits per heavy atom. The normalized spacial score (nSPS) is 18.8. The molecule has 2 aromatic rings. The molecule has 1 aromatic heterocycles. The van der Waals surface area contributed by atoms with Crippen LogP contribution in [0.2, 0.25) is 0 Å². The van der Waals surface area contributed by atoms with Gasteiger partial charge in [-0.25, -0.2) is 18.8 Å². The van der Waals surface area contributed by atoms with Crippen molar-refractivity contribution in [2.24, 2.45) is 4.99 Å². The number of anilines is 2. The van der Waals surface area contributed by atoms with E-state index in [1.807, 2.05) is 24.1 Å². The van der Waals surface area contributed by atoms with Crippen LogP contribution >= 0.6 is 24.0 Å². The average Bonchev–Trinajstić information content (AvgIpc) is 3.26. The molecular formula is C24H33F2IN6. The van der Waals surface area contributed by atoms with E-state index in [9.17, 15) is 8.78 Å². The van der Waals surface area contributed by atoms with Gasteiger partial charge in [0.25, 0.3) is 0 Å². The third kappa shape index (κ3) is 6.91. The van der Waals surface area contributed by atoms with Crippen LogP contribution in [0.4, 0.5) is 20.3 Å². The molecular weight excluding hydrogens is 537 g/mol. The Morgan fingerprint density at radius 2 is 1.91 bits per heavy atom. The highest BCUT2D eigenvalue weighted by molar-refractivity contribution is 14.0. The molecule has 180 valence electrons. The minimum atomic E-state index is -0.554. The maximum Gasteiger partial charge on any atom is 0.191 e. The number of benzene rings is 1. The van der Waals surface area contributed by atoms with E-state index in [1.54, 1.807) is 0 Å². The SMILES string of the molecule is CCNC(=NCc1ccnc(N2CCCCC2)c1)NC1CCN(c2ccc(F)cc2F)C1.I. The van der Waals surface area contributed by atoms with Crippen LogP contribution in [0.5, 0.6) is 0 Å². The van der Waals surface area contributed by atoms with Gasteiger partial charge in [0.15, 0.2) is 5.96 Å². The maximum absolute atomic E-state index is 14.1. The molecule has 2 aliphatic rings. The number of nitrogens with zero attached hydrogens (tertiary/aromatic N) is 4. The first-order valence-electron chi connectivity index (χ1n) is 11.6. The Kier molecular flexibility index (Phi) is 9.52. The highest BCUT2D eigenvalue weighted by atomic mass is 127. The number of piperidine rings is 1. The monoisotopic (exact) mass is 570 g/mol. The van der Waals surface area contributed by atoms with E-state index in [2.05, 4.69) is 26.6 Å². The molecule has 2 aliphatic heterocycles. The third-order valence-electron chi connectivity index (χ3n) is 6.03. The number of halogens is 3. The number of aromatic nitrogens is 1. The van der Waals surface area contributed by atoms with Crippen LogP contribution in [0, 0.1) is 11.6 Å². The maximum atomic E-state index is 14.1. The molecule has 2 fully saturated rings. The van der Waals surface area contributed by atoms with Gasteiger partial charge in [0.05, 0.1) is 12.2 Å². The first kappa shape index (κ1) is 25.5. The lowest BCUT2D eigenvalue weighted by Gasteiger charge is -2.27. The zero-order valence-corrected chi connectivity index (χ0v) is 21.4. The summed E-state index contributed by atoms with van der Waals surface area (Å²) in [6.45, 7) is 6.83. The minimum Gasteiger partial charge on any atom is -0.367 e. The summed E-state index contributed by atoms with van der Waals surface area (Å²) < 4.78 is 27.4. The van der Waals surface area contributed by atoms with Gasteiger partial charge in [-0.3, -0.25) is 0 Å². The van der Waals surface area contributed by atoms with Crippen LogP contribution in [0.15, 0.2) is 41.5 Å². The Hall–Kier alpha value is -2.17. The van der Waals surface area contributed by atoms with Crippen molar-refractivity contribution in [2.75, 3.05) is 42.5 Å². The summed E-state index contributed by atoms with van der Waals surface area (Å²) in [4.78, 5) is 13.6. The molecule has 2 saturated heterocycles. The van der Waals surface area contributed by atoms with Crippen molar-refractivity contribution in [3.8, 4) is 0 Å². The molecule has 33 heavy (non-hydrogen) atoms. The van der Waals surface area contributed by atoms with Crippen molar-refractivity contribution in [3.05, 3.63) is 53.7 Å². The van der Waals surface area contributed by atoms with Gasteiger partial charge in [-0.2, -0.15) is 0 Å². The van der Waals surface area contributed by atoms with Crippen molar-refractivity contribution >= 4 is 41.4 Å². The number of hydrogen-bond acceptors (Lipinski definition) is 4. The zero-order valence-electron chi connectivity index (χ0n) is 19.1. The van der Waals surface area contributed by atoms with Gasteiger partial charge in [0, 0.05) is 51.0 Å². The van der Waals surface area contributed by atoms with E-state index in [4.69, 9.17) is 4.99 Å². The number of hydrogen-bond donors (Lipinski definition) is 2. The second-order valence-corrected chi connectivity index (χ2v) is 8.44. The molecule has 0 spiro atoms. The summed E-state index contributed by atoms with van der Waals surface area (Å²) in [6, 6.07) is 8.03. The molecule has 0 bridgehead atoms. The molecule has 4 rings (SSSR count). The zero-order chi connectivity index (χ0) is 22.3. The lowest BCUT2D eigenvalue weighted by molar-refractivity contribution is 0.573. The molecule has 0 saturated carbocycles. The molecule has 0 aliphatic carbocycles. The van der Waals surface area contributed by atoms with Gasteiger partial charge in [0.2, 0.25) is 0 Å². The van der Waals surface area contributed by atoms with Crippen molar-refractivity contribution < 1.29 is 8.78 Å². The smallest absolute Gasteiger partial charge is 0.191 e. The molecule has 9 heteroatoms. The Bertz CT molecular complexity index is 935. The lowest BCUT2D eigenvalue weighted by Crippen LogP contribution is -2.44. The van der Waals surface area contributed by atoms with Crippen molar-refractivity contribution in [1.29, 1.82) is 0 Å². The topological polar surface area (TPSA) is 55.8 Å².